The van der Waals surface area contributed by atoms with Crippen LogP contribution in [0.4, 0.5) is 0 Å². The predicted octanol–water partition coefficient (Wildman–Crippen LogP) is 2.23. The molecule has 3 aromatic rings. The van der Waals surface area contributed by atoms with E-state index >= 15 is 0 Å². The summed E-state index contributed by atoms with van der Waals surface area (Å²) in [5, 5.41) is 31.6. The van der Waals surface area contributed by atoms with Gasteiger partial charge in [-0.2, -0.15) is 4.31 Å². The standard InChI is InChI=1S/C27H37N5O7S/c1-4-6-19-21(15-28-36)31(3)25-24(19)29-26(30-27(25)35)20-14-18(7-8-23(20)39-13-5-2)40(37,38)32-11-9-17(10-12-32)22(34)16-33/h7-8,14-15,17,22,33-34,36H,4-6,9-13,16H2,1-3H3,(H,29,30,35). The highest BCUT2D eigenvalue weighted by Gasteiger charge is 2.32. The van der Waals surface area contributed by atoms with Crippen LogP contribution in [0.25, 0.3) is 22.4 Å². The third kappa shape index (κ3) is 5.64. The SMILES string of the molecule is CCCOc1ccc(S(=O)(=O)N2CCC(C(O)CO)CC2)cc1-c1nc2c(CCC)c(C=NO)n(C)c2c(=O)[nH]1. The van der Waals surface area contributed by atoms with Crippen molar-refractivity contribution in [3.8, 4) is 17.1 Å². The van der Waals surface area contributed by atoms with Crippen LogP contribution in [-0.4, -0.2) is 81.3 Å². The lowest BCUT2D eigenvalue weighted by Crippen LogP contribution is -2.41. The van der Waals surface area contributed by atoms with Crippen LogP contribution in [0.2, 0.25) is 0 Å². The number of aromatic nitrogens is 3. The monoisotopic (exact) mass is 575 g/mol. The van der Waals surface area contributed by atoms with Gasteiger partial charge in [0.1, 0.15) is 22.6 Å². The number of aryl methyl sites for hydroxylation is 2. The zero-order valence-corrected chi connectivity index (χ0v) is 23.8. The third-order valence-electron chi connectivity index (χ3n) is 7.40. The number of rotatable bonds is 11. The molecule has 0 aliphatic carbocycles. The van der Waals surface area contributed by atoms with Crippen LogP contribution in [0.5, 0.6) is 5.75 Å². The molecule has 1 saturated heterocycles. The molecule has 0 radical (unpaired) electrons. The number of sulfonamides is 1. The average Bonchev–Trinajstić information content (AvgIpc) is 3.22. The topological polar surface area (TPSA) is 170 Å². The second-order valence-corrected chi connectivity index (χ2v) is 12.0. The lowest BCUT2D eigenvalue weighted by molar-refractivity contribution is 0.0278. The highest BCUT2D eigenvalue weighted by atomic mass is 32.2. The van der Waals surface area contributed by atoms with E-state index in [9.17, 15) is 28.6 Å². The first-order valence-corrected chi connectivity index (χ1v) is 15.0. The van der Waals surface area contributed by atoms with Crippen molar-refractivity contribution in [1.29, 1.82) is 0 Å². The Balaban J connectivity index is 1.82. The van der Waals surface area contributed by atoms with Gasteiger partial charge >= 0.3 is 0 Å². The fourth-order valence-electron chi connectivity index (χ4n) is 5.27. The first-order valence-electron chi connectivity index (χ1n) is 13.5. The second kappa shape index (κ2) is 12.5. The van der Waals surface area contributed by atoms with Crippen LogP contribution in [0.15, 0.2) is 33.0 Å². The van der Waals surface area contributed by atoms with Gasteiger partial charge in [-0.05, 0) is 49.8 Å². The van der Waals surface area contributed by atoms with Crippen LogP contribution in [0.1, 0.15) is 50.8 Å². The number of aliphatic hydroxyl groups is 2. The first kappa shape index (κ1) is 29.7. The van der Waals surface area contributed by atoms with E-state index in [2.05, 4.69) is 10.1 Å². The lowest BCUT2D eigenvalue weighted by atomic mass is 9.93. The molecule has 13 heteroatoms. The van der Waals surface area contributed by atoms with E-state index < -0.39 is 21.7 Å². The molecule has 3 heterocycles. The largest absolute Gasteiger partial charge is 0.493 e. The van der Waals surface area contributed by atoms with Crippen molar-refractivity contribution in [1.82, 2.24) is 18.8 Å². The number of nitrogens with zero attached hydrogens (tertiary/aromatic N) is 4. The number of fused-ring (bicyclic) bond motifs is 1. The van der Waals surface area contributed by atoms with Crippen molar-refractivity contribution >= 4 is 27.3 Å². The van der Waals surface area contributed by atoms with Crippen molar-refractivity contribution in [3.05, 3.63) is 39.8 Å². The molecule has 0 bridgehead atoms. The number of benzene rings is 1. The van der Waals surface area contributed by atoms with Crippen molar-refractivity contribution in [2.75, 3.05) is 26.3 Å². The molecule has 1 aliphatic rings. The van der Waals surface area contributed by atoms with Gasteiger partial charge in [-0.15, -0.1) is 0 Å². The Morgan fingerprint density at radius 3 is 2.60 bits per heavy atom. The van der Waals surface area contributed by atoms with Crippen molar-refractivity contribution in [2.45, 2.75) is 57.0 Å². The van der Waals surface area contributed by atoms with Gasteiger partial charge in [-0.1, -0.05) is 25.4 Å². The van der Waals surface area contributed by atoms with E-state index in [1.165, 1.54) is 22.7 Å². The quantitative estimate of drug-likeness (QED) is 0.153. The minimum absolute atomic E-state index is 0.0326. The van der Waals surface area contributed by atoms with Crippen LogP contribution in [0, 0.1) is 5.92 Å². The summed E-state index contributed by atoms with van der Waals surface area (Å²) in [6.07, 6.45) is 3.35. The summed E-state index contributed by atoms with van der Waals surface area (Å²) in [6.45, 7) is 4.40. The molecule has 0 amide bonds. The molecular formula is C27H37N5O7S. The van der Waals surface area contributed by atoms with Crippen molar-refractivity contribution < 1.29 is 28.6 Å². The van der Waals surface area contributed by atoms with Gasteiger partial charge in [0.05, 0.1) is 41.7 Å². The smallest absolute Gasteiger partial charge is 0.275 e. The van der Waals surface area contributed by atoms with E-state index in [0.29, 0.717) is 53.9 Å². The Morgan fingerprint density at radius 1 is 1.25 bits per heavy atom. The number of aromatic amines is 1. The molecule has 4 N–H and O–H groups in total. The number of hydrogen-bond donors (Lipinski definition) is 4. The fraction of sp³-hybridized carbons (Fsp3) is 0.519. The summed E-state index contributed by atoms with van der Waals surface area (Å²) in [7, 11) is -2.21. The minimum atomic E-state index is -3.90. The highest BCUT2D eigenvalue weighted by molar-refractivity contribution is 7.89. The second-order valence-electron chi connectivity index (χ2n) is 10.0. The molecule has 1 aliphatic heterocycles. The Labute approximate surface area is 233 Å². The molecule has 12 nitrogen and oxygen atoms in total. The number of hydrogen-bond acceptors (Lipinski definition) is 9. The van der Waals surface area contributed by atoms with E-state index in [0.717, 1.165) is 18.4 Å². The van der Waals surface area contributed by atoms with E-state index in [-0.39, 0.29) is 36.3 Å². The fourth-order valence-corrected chi connectivity index (χ4v) is 6.76. The summed E-state index contributed by atoms with van der Waals surface area (Å²) in [4.78, 5) is 20.9. The van der Waals surface area contributed by atoms with Crippen LogP contribution in [-0.2, 0) is 23.5 Å². The molecule has 0 saturated carbocycles. The van der Waals surface area contributed by atoms with Crippen molar-refractivity contribution in [3.63, 3.8) is 0 Å². The predicted molar refractivity (Wildman–Crippen MR) is 151 cm³/mol. The molecule has 1 atom stereocenters. The average molecular weight is 576 g/mol. The number of piperidine rings is 1. The van der Waals surface area contributed by atoms with Gasteiger partial charge in [0.25, 0.3) is 5.56 Å². The Morgan fingerprint density at radius 2 is 1.98 bits per heavy atom. The van der Waals surface area contributed by atoms with Gasteiger partial charge in [0.2, 0.25) is 10.0 Å². The third-order valence-corrected chi connectivity index (χ3v) is 9.30. The zero-order valence-electron chi connectivity index (χ0n) is 23.0. The van der Waals surface area contributed by atoms with Crippen LogP contribution < -0.4 is 10.3 Å². The van der Waals surface area contributed by atoms with E-state index in [1.807, 2.05) is 13.8 Å². The number of ether oxygens (including phenoxy) is 1. The van der Waals surface area contributed by atoms with Gasteiger partial charge in [0, 0.05) is 25.7 Å². The molecule has 1 unspecified atom stereocenters. The summed E-state index contributed by atoms with van der Waals surface area (Å²) in [6, 6.07) is 4.53. The summed E-state index contributed by atoms with van der Waals surface area (Å²) in [5.41, 5.74) is 1.98. The normalized spacial score (nSPS) is 16.2. The van der Waals surface area contributed by atoms with Crippen LogP contribution >= 0.6 is 0 Å². The lowest BCUT2D eigenvalue weighted by Gasteiger charge is -2.33. The summed E-state index contributed by atoms with van der Waals surface area (Å²) in [5.74, 6) is 0.390. The van der Waals surface area contributed by atoms with Gasteiger partial charge < -0.3 is 29.7 Å². The first-order chi connectivity index (χ1) is 19.2. The van der Waals surface area contributed by atoms with Gasteiger partial charge in [0.15, 0.2) is 0 Å². The molecule has 40 heavy (non-hydrogen) atoms. The van der Waals surface area contributed by atoms with Gasteiger partial charge in [-0.25, -0.2) is 13.4 Å². The number of aliphatic hydroxyl groups excluding tert-OH is 2. The Hall–Kier alpha value is -3.26. The van der Waals surface area contributed by atoms with Gasteiger partial charge in [-0.3, -0.25) is 4.79 Å². The zero-order chi connectivity index (χ0) is 29.0. The molecule has 218 valence electrons. The molecule has 0 spiro atoms. The maximum atomic E-state index is 13.6. The van der Waals surface area contributed by atoms with Crippen molar-refractivity contribution in [2.24, 2.45) is 18.1 Å². The molecule has 1 fully saturated rings. The maximum Gasteiger partial charge on any atom is 0.275 e. The molecule has 1 aromatic carbocycles. The Kier molecular flexibility index (Phi) is 9.29. The van der Waals surface area contributed by atoms with E-state index in [4.69, 9.17) is 9.72 Å². The number of nitrogens with one attached hydrogen (secondary N) is 1. The Bertz CT molecular complexity index is 1540. The number of oxime groups is 1. The number of H-pyrrole nitrogens is 1. The molecular weight excluding hydrogens is 538 g/mol. The highest BCUT2D eigenvalue weighted by Crippen LogP contribution is 2.34. The summed E-state index contributed by atoms with van der Waals surface area (Å²) >= 11 is 0. The summed E-state index contributed by atoms with van der Waals surface area (Å²) < 4.78 is 36.2. The minimum Gasteiger partial charge on any atom is -0.493 e. The van der Waals surface area contributed by atoms with Crippen LogP contribution in [0.3, 0.4) is 0 Å². The maximum absolute atomic E-state index is 13.6. The van der Waals surface area contributed by atoms with E-state index in [1.54, 1.807) is 17.7 Å². The molecule has 2 aromatic heterocycles. The molecule has 4 rings (SSSR count).